The summed E-state index contributed by atoms with van der Waals surface area (Å²) < 4.78 is 1.75. The fourth-order valence-electron chi connectivity index (χ4n) is 1.56. The Hall–Kier alpha value is -2.17. The lowest BCUT2D eigenvalue weighted by Crippen LogP contribution is -2.16. The van der Waals surface area contributed by atoms with E-state index in [1.807, 2.05) is 19.9 Å². The molecule has 2 heterocycles. The molecule has 5 nitrogen and oxygen atoms in total. The lowest BCUT2D eigenvalue weighted by atomic mass is 10.3. The number of carbonyl (C=O) groups is 1. The van der Waals surface area contributed by atoms with Crippen molar-refractivity contribution in [2.45, 2.75) is 20.4 Å². The van der Waals surface area contributed by atoms with Crippen LogP contribution in [0.5, 0.6) is 0 Å². The third-order valence-electron chi connectivity index (χ3n) is 2.34. The Morgan fingerprint density at radius 1 is 1.47 bits per heavy atom. The van der Waals surface area contributed by atoms with Crippen molar-refractivity contribution in [2.75, 3.05) is 5.32 Å². The van der Waals surface area contributed by atoms with Gasteiger partial charge in [-0.1, -0.05) is 6.07 Å². The van der Waals surface area contributed by atoms with Gasteiger partial charge in [-0.25, -0.2) is 4.68 Å². The van der Waals surface area contributed by atoms with Gasteiger partial charge < -0.3 is 5.32 Å². The number of hydrogen-bond acceptors (Lipinski definition) is 3. The first-order valence-electron chi connectivity index (χ1n) is 5.47. The van der Waals surface area contributed by atoms with Crippen LogP contribution < -0.4 is 5.32 Å². The monoisotopic (exact) mass is 230 g/mol. The van der Waals surface area contributed by atoms with E-state index in [1.165, 1.54) is 0 Å². The summed E-state index contributed by atoms with van der Waals surface area (Å²) in [6.07, 6.45) is 1.59. The Morgan fingerprint density at radius 3 is 2.94 bits per heavy atom. The van der Waals surface area contributed by atoms with Gasteiger partial charge in [-0.05, 0) is 26.0 Å². The zero-order chi connectivity index (χ0) is 12.3. The van der Waals surface area contributed by atoms with Gasteiger partial charge in [0.15, 0.2) is 0 Å². The molecule has 5 heteroatoms. The van der Waals surface area contributed by atoms with Gasteiger partial charge in [0.05, 0.1) is 5.69 Å². The quantitative estimate of drug-likeness (QED) is 0.875. The summed E-state index contributed by atoms with van der Waals surface area (Å²) in [6.45, 7) is 4.58. The van der Waals surface area contributed by atoms with Gasteiger partial charge >= 0.3 is 0 Å². The molecule has 1 N–H and O–H groups in total. The minimum atomic E-state index is -0.222. The number of pyridine rings is 1. The Balaban J connectivity index is 2.18. The van der Waals surface area contributed by atoms with Gasteiger partial charge in [0.25, 0.3) is 5.91 Å². The molecule has 2 rings (SSSR count). The second-order valence-electron chi connectivity index (χ2n) is 3.66. The molecule has 2 aromatic rings. The van der Waals surface area contributed by atoms with E-state index in [2.05, 4.69) is 15.4 Å². The van der Waals surface area contributed by atoms with Crippen LogP contribution in [-0.4, -0.2) is 20.7 Å². The van der Waals surface area contributed by atoms with Crippen LogP contribution in [0.1, 0.15) is 23.1 Å². The Morgan fingerprint density at radius 2 is 2.29 bits per heavy atom. The molecule has 0 aliphatic heterocycles. The molecule has 0 spiro atoms. The van der Waals surface area contributed by atoms with Crippen molar-refractivity contribution in [1.82, 2.24) is 14.8 Å². The van der Waals surface area contributed by atoms with E-state index in [0.717, 1.165) is 5.69 Å². The standard InChI is InChI=1S/C12H14N4O/c1-3-16-11(8-9(2)15-16)14-12(17)10-6-4-5-7-13-10/h4-8H,3H2,1-2H3,(H,14,17). The van der Waals surface area contributed by atoms with Crippen LogP contribution in [0.2, 0.25) is 0 Å². The molecular formula is C12H14N4O. The maximum atomic E-state index is 11.9. The maximum absolute atomic E-state index is 11.9. The summed E-state index contributed by atoms with van der Waals surface area (Å²) in [4.78, 5) is 15.9. The SMILES string of the molecule is CCn1nc(C)cc1NC(=O)c1ccccn1. The molecule has 88 valence electrons. The largest absolute Gasteiger partial charge is 0.305 e. The van der Waals surface area contributed by atoms with Crippen LogP contribution >= 0.6 is 0 Å². The molecule has 1 amide bonds. The molecule has 2 aromatic heterocycles. The second kappa shape index (κ2) is 4.78. The van der Waals surface area contributed by atoms with Crippen LogP contribution in [0.25, 0.3) is 0 Å². The number of aryl methyl sites for hydroxylation is 2. The molecule has 0 bridgehead atoms. The van der Waals surface area contributed by atoms with E-state index in [4.69, 9.17) is 0 Å². The van der Waals surface area contributed by atoms with Crippen LogP contribution in [0.4, 0.5) is 5.82 Å². The van der Waals surface area contributed by atoms with Crippen LogP contribution in [0, 0.1) is 6.92 Å². The molecule has 0 unspecified atom stereocenters. The molecule has 0 radical (unpaired) electrons. The number of nitrogens with one attached hydrogen (secondary N) is 1. The van der Waals surface area contributed by atoms with E-state index in [-0.39, 0.29) is 5.91 Å². The van der Waals surface area contributed by atoms with E-state index >= 15 is 0 Å². The molecule has 17 heavy (non-hydrogen) atoms. The highest BCUT2D eigenvalue weighted by Gasteiger charge is 2.10. The summed E-state index contributed by atoms with van der Waals surface area (Å²) in [6, 6.07) is 7.07. The summed E-state index contributed by atoms with van der Waals surface area (Å²) in [5.74, 6) is 0.473. The van der Waals surface area contributed by atoms with Crippen molar-refractivity contribution in [3.05, 3.63) is 41.9 Å². The number of carbonyl (C=O) groups excluding carboxylic acids is 1. The van der Waals surface area contributed by atoms with Crippen molar-refractivity contribution in [3.8, 4) is 0 Å². The van der Waals surface area contributed by atoms with Crippen molar-refractivity contribution >= 4 is 11.7 Å². The van der Waals surface area contributed by atoms with Gasteiger partial charge in [0, 0.05) is 18.8 Å². The topological polar surface area (TPSA) is 59.8 Å². The molecule has 0 atom stereocenters. The highest BCUT2D eigenvalue weighted by molar-refractivity contribution is 6.02. The first-order chi connectivity index (χ1) is 8.20. The van der Waals surface area contributed by atoms with Crippen LogP contribution in [0.3, 0.4) is 0 Å². The summed E-state index contributed by atoms with van der Waals surface area (Å²) >= 11 is 0. The minimum Gasteiger partial charge on any atom is -0.305 e. The summed E-state index contributed by atoms with van der Waals surface area (Å²) in [7, 11) is 0. The first-order valence-corrected chi connectivity index (χ1v) is 5.47. The van der Waals surface area contributed by atoms with Crippen molar-refractivity contribution in [3.63, 3.8) is 0 Å². The zero-order valence-corrected chi connectivity index (χ0v) is 9.84. The number of aromatic nitrogens is 3. The lowest BCUT2D eigenvalue weighted by molar-refractivity contribution is 0.102. The normalized spacial score (nSPS) is 10.2. The minimum absolute atomic E-state index is 0.222. The molecule has 0 aliphatic carbocycles. The Kier molecular flexibility index (Phi) is 3.18. The van der Waals surface area contributed by atoms with Crippen molar-refractivity contribution in [1.29, 1.82) is 0 Å². The zero-order valence-electron chi connectivity index (χ0n) is 9.84. The third-order valence-corrected chi connectivity index (χ3v) is 2.34. The molecule has 0 saturated heterocycles. The molecule has 0 aliphatic rings. The average Bonchev–Trinajstić information content (AvgIpc) is 2.70. The molecular weight excluding hydrogens is 216 g/mol. The number of rotatable bonds is 3. The third kappa shape index (κ3) is 2.50. The second-order valence-corrected chi connectivity index (χ2v) is 3.66. The smallest absolute Gasteiger partial charge is 0.275 e. The van der Waals surface area contributed by atoms with E-state index in [1.54, 1.807) is 29.1 Å². The van der Waals surface area contributed by atoms with Gasteiger partial charge in [-0.3, -0.25) is 9.78 Å². The number of anilines is 1. The highest BCUT2D eigenvalue weighted by atomic mass is 16.2. The lowest BCUT2D eigenvalue weighted by Gasteiger charge is -2.05. The van der Waals surface area contributed by atoms with Crippen molar-refractivity contribution in [2.24, 2.45) is 0 Å². The number of amides is 1. The van der Waals surface area contributed by atoms with Gasteiger partial charge in [-0.15, -0.1) is 0 Å². The van der Waals surface area contributed by atoms with E-state index in [9.17, 15) is 4.79 Å². The number of nitrogens with zero attached hydrogens (tertiary/aromatic N) is 3. The summed E-state index contributed by atoms with van der Waals surface area (Å²) in [5.41, 5.74) is 1.28. The van der Waals surface area contributed by atoms with Crippen molar-refractivity contribution < 1.29 is 4.79 Å². The van der Waals surface area contributed by atoms with Crippen LogP contribution in [-0.2, 0) is 6.54 Å². The molecule has 0 aromatic carbocycles. The Labute approximate surface area is 99.5 Å². The molecule has 0 fully saturated rings. The highest BCUT2D eigenvalue weighted by Crippen LogP contribution is 2.11. The predicted molar refractivity (Wildman–Crippen MR) is 64.8 cm³/mol. The van der Waals surface area contributed by atoms with E-state index in [0.29, 0.717) is 18.1 Å². The van der Waals surface area contributed by atoms with Gasteiger partial charge in [0.2, 0.25) is 0 Å². The predicted octanol–water partition coefficient (Wildman–Crippen LogP) is 1.86. The average molecular weight is 230 g/mol. The fourth-order valence-corrected chi connectivity index (χ4v) is 1.56. The number of hydrogen-bond donors (Lipinski definition) is 1. The van der Waals surface area contributed by atoms with Gasteiger partial charge in [0.1, 0.15) is 11.5 Å². The molecule has 0 saturated carbocycles. The maximum Gasteiger partial charge on any atom is 0.275 e. The van der Waals surface area contributed by atoms with Crippen LogP contribution in [0.15, 0.2) is 30.5 Å². The summed E-state index contributed by atoms with van der Waals surface area (Å²) in [5, 5.41) is 7.05. The van der Waals surface area contributed by atoms with E-state index < -0.39 is 0 Å². The fraction of sp³-hybridized carbons (Fsp3) is 0.250. The van der Waals surface area contributed by atoms with Gasteiger partial charge in [-0.2, -0.15) is 5.10 Å². The first kappa shape index (κ1) is 11.3. The Bertz CT molecular complexity index is 519.